The normalized spacial score (nSPS) is 17.7. The highest BCUT2D eigenvalue weighted by Crippen LogP contribution is 2.32. The van der Waals surface area contributed by atoms with Gasteiger partial charge < -0.3 is 19.1 Å². The Morgan fingerprint density at radius 2 is 1.93 bits per heavy atom. The van der Waals surface area contributed by atoms with Crippen LogP contribution in [-0.2, 0) is 20.7 Å². The Morgan fingerprint density at radius 1 is 1.14 bits per heavy atom. The molecule has 4 rings (SSSR count). The Kier molecular flexibility index (Phi) is 5.51. The molecule has 0 spiro atoms. The van der Waals surface area contributed by atoms with Gasteiger partial charge in [0, 0.05) is 24.2 Å². The zero-order valence-electron chi connectivity index (χ0n) is 16.3. The van der Waals surface area contributed by atoms with Gasteiger partial charge in [-0.2, -0.15) is 0 Å². The first-order valence-corrected chi connectivity index (χ1v) is 9.76. The van der Waals surface area contributed by atoms with Crippen molar-refractivity contribution in [1.82, 2.24) is 0 Å². The number of para-hydroxylation sites is 1. The van der Waals surface area contributed by atoms with E-state index in [0.29, 0.717) is 24.7 Å². The number of rotatable bonds is 4. The van der Waals surface area contributed by atoms with Gasteiger partial charge in [0.25, 0.3) is 5.91 Å². The number of fused-ring (bicyclic) bond motifs is 2. The molecule has 1 atom stereocenters. The third-order valence-electron chi connectivity index (χ3n) is 5.00. The molecule has 0 radical (unpaired) electrons. The van der Waals surface area contributed by atoms with E-state index in [1.165, 1.54) is 6.08 Å². The van der Waals surface area contributed by atoms with Crippen LogP contribution in [0.3, 0.4) is 0 Å². The first-order valence-electron chi connectivity index (χ1n) is 9.76. The number of anilines is 1. The van der Waals surface area contributed by atoms with E-state index in [2.05, 4.69) is 0 Å². The van der Waals surface area contributed by atoms with Crippen molar-refractivity contribution in [3.8, 4) is 11.5 Å². The van der Waals surface area contributed by atoms with Crippen molar-refractivity contribution in [3.05, 3.63) is 59.7 Å². The Hall–Kier alpha value is -3.28. The lowest BCUT2D eigenvalue weighted by Crippen LogP contribution is -2.38. The number of benzene rings is 2. The van der Waals surface area contributed by atoms with Gasteiger partial charge >= 0.3 is 5.97 Å². The van der Waals surface area contributed by atoms with Crippen molar-refractivity contribution in [2.45, 2.75) is 25.8 Å². The molecule has 2 aromatic carbocycles. The minimum absolute atomic E-state index is 0.0518. The topological polar surface area (TPSA) is 65.1 Å². The SMILES string of the molecule is C[C@H]1Cc2ccccc2N1C(=O)COC(=O)/C=C/c1ccc2c(c1)OCCCO2. The maximum atomic E-state index is 12.6. The van der Waals surface area contributed by atoms with E-state index >= 15 is 0 Å². The summed E-state index contributed by atoms with van der Waals surface area (Å²) in [5, 5.41) is 0. The zero-order valence-corrected chi connectivity index (χ0v) is 16.3. The Balaban J connectivity index is 1.34. The summed E-state index contributed by atoms with van der Waals surface area (Å²) in [6.07, 6.45) is 4.59. The zero-order chi connectivity index (χ0) is 20.2. The number of ether oxygens (including phenoxy) is 3. The van der Waals surface area contributed by atoms with Gasteiger partial charge in [-0.1, -0.05) is 24.3 Å². The second kappa shape index (κ2) is 8.39. The molecule has 1 amide bonds. The Morgan fingerprint density at radius 3 is 2.79 bits per heavy atom. The molecule has 0 saturated heterocycles. The van der Waals surface area contributed by atoms with E-state index in [4.69, 9.17) is 14.2 Å². The van der Waals surface area contributed by atoms with Crippen molar-refractivity contribution in [2.24, 2.45) is 0 Å². The van der Waals surface area contributed by atoms with Gasteiger partial charge in [0.1, 0.15) is 0 Å². The monoisotopic (exact) mass is 393 g/mol. The van der Waals surface area contributed by atoms with Gasteiger partial charge in [-0.3, -0.25) is 4.79 Å². The molecular weight excluding hydrogens is 370 g/mol. The van der Waals surface area contributed by atoms with E-state index < -0.39 is 5.97 Å². The summed E-state index contributed by atoms with van der Waals surface area (Å²) in [7, 11) is 0. The molecule has 2 aliphatic heterocycles. The summed E-state index contributed by atoms with van der Waals surface area (Å²) in [6.45, 7) is 2.93. The Labute approximate surface area is 169 Å². The highest BCUT2D eigenvalue weighted by Gasteiger charge is 2.30. The molecular formula is C23H23NO5. The van der Waals surface area contributed by atoms with Crippen molar-refractivity contribution < 1.29 is 23.8 Å². The van der Waals surface area contributed by atoms with Crippen LogP contribution in [0.4, 0.5) is 5.69 Å². The predicted molar refractivity (Wildman–Crippen MR) is 109 cm³/mol. The van der Waals surface area contributed by atoms with Gasteiger partial charge in [0.05, 0.1) is 13.2 Å². The first kappa shape index (κ1) is 19.1. The maximum Gasteiger partial charge on any atom is 0.331 e. The minimum atomic E-state index is -0.564. The predicted octanol–water partition coefficient (Wildman–Crippen LogP) is 3.38. The molecule has 29 heavy (non-hydrogen) atoms. The standard InChI is InChI=1S/C23H23NO5/c1-16-13-18-5-2-3-6-19(18)24(16)22(25)15-29-23(26)10-8-17-7-9-20-21(14-17)28-12-4-11-27-20/h2-3,5-10,14,16H,4,11-13,15H2,1H3/b10-8+/t16-/m0/s1. The Bertz CT molecular complexity index is 952. The van der Waals surface area contributed by atoms with E-state index in [1.807, 2.05) is 49.4 Å². The molecule has 0 unspecified atom stereocenters. The number of esters is 1. The number of hydrogen-bond donors (Lipinski definition) is 0. The quantitative estimate of drug-likeness (QED) is 0.589. The lowest BCUT2D eigenvalue weighted by molar-refractivity contribution is -0.143. The van der Waals surface area contributed by atoms with Crippen LogP contribution in [0.5, 0.6) is 11.5 Å². The molecule has 0 aliphatic carbocycles. The second-order valence-corrected chi connectivity index (χ2v) is 7.14. The fourth-order valence-electron chi connectivity index (χ4n) is 3.64. The maximum absolute atomic E-state index is 12.6. The molecule has 2 aromatic rings. The van der Waals surface area contributed by atoms with Gasteiger partial charge in [-0.05, 0) is 48.7 Å². The van der Waals surface area contributed by atoms with Gasteiger partial charge in [0.2, 0.25) is 0 Å². The van der Waals surface area contributed by atoms with Crippen molar-refractivity contribution in [1.29, 1.82) is 0 Å². The molecule has 6 heteroatoms. The van der Waals surface area contributed by atoms with E-state index in [-0.39, 0.29) is 18.6 Å². The van der Waals surface area contributed by atoms with E-state index in [1.54, 1.807) is 11.0 Å². The van der Waals surface area contributed by atoms with Crippen molar-refractivity contribution in [2.75, 3.05) is 24.7 Å². The summed E-state index contributed by atoms with van der Waals surface area (Å²) >= 11 is 0. The molecule has 2 heterocycles. The number of hydrogen-bond acceptors (Lipinski definition) is 5. The summed E-state index contributed by atoms with van der Waals surface area (Å²) in [4.78, 5) is 26.4. The number of nitrogens with zero attached hydrogens (tertiary/aromatic N) is 1. The van der Waals surface area contributed by atoms with Crippen LogP contribution in [0.1, 0.15) is 24.5 Å². The van der Waals surface area contributed by atoms with Crippen molar-refractivity contribution >= 4 is 23.6 Å². The molecule has 0 aromatic heterocycles. The van der Waals surface area contributed by atoms with Crippen LogP contribution in [-0.4, -0.2) is 37.7 Å². The van der Waals surface area contributed by atoms with Crippen LogP contribution in [0.15, 0.2) is 48.5 Å². The van der Waals surface area contributed by atoms with Gasteiger partial charge in [-0.15, -0.1) is 0 Å². The van der Waals surface area contributed by atoms with Crippen LogP contribution >= 0.6 is 0 Å². The lowest BCUT2D eigenvalue weighted by atomic mass is 10.1. The summed E-state index contributed by atoms with van der Waals surface area (Å²) in [5.41, 5.74) is 2.82. The highest BCUT2D eigenvalue weighted by atomic mass is 16.5. The molecule has 6 nitrogen and oxygen atoms in total. The van der Waals surface area contributed by atoms with Crippen LogP contribution in [0.2, 0.25) is 0 Å². The largest absolute Gasteiger partial charge is 0.490 e. The second-order valence-electron chi connectivity index (χ2n) is 7.14. The summed E-state index contributed by atoms with van der Waals surface area (Å²) in [5.74, 6) is 0.577. The molecule has 0 fully saturated rings. The van der Waals surface area contributed by atoms with Crippen molar-refractivity contribution in [3.63, 3.8) is 0 Å². The van der Waals surface area contributed by atoms with Crippen LogP contribution in [0, 0.1) is 0 Å². The number of amides is 1. The third-order valence-corrected chi connectivity index (χ3v) is 5.00. The third kappa shape index (κ3) is 4.26. The van der Waals surface area contributed by atoms with E-state index in [0.717, 1.165) is 29.7 Å². The first-order chi connectivity index (χ1) is 14.1. The minimum Gasteiger partial charge on any atom is -0.490 e. The van der Waals surface area contributed by atoms with Crippen LogP contribution < -0.4 is 14.4 Å². The number of carbonyl (C=O) groups excluding carboxylic acids is 2. The summed E-state index contributed by atoms with van der Waals surface area (Å²) in [6, 6.07) is 13.3. The van der Waals surface area contributed by atoms with Gasteiger partial charge in [-0.25, -0.2) is 4.79 Å². The average Bonchev–Trinajstić information content (AvgIpc) is 2.90. The molecule has 2 aliphatic rings. The average molecular weight is 393 g/mol. The molecule has 0 N–H and O–H groups in total. The van der Waals surface area contributed by atoms with Gasteiger partial charge in [0.15, 0.2) is 18.1 Å². The fourth-order valence-corrected chi connectivity index (χ4v) is 3.64. The molecule has 0 saturated carbocycles. The molecule has 150 valence electrons. The molecule has 0 bridgehead atoms. The van der Waals surface area contributed by atoms with Crippen LogP contribution in [0.25, 0.3) is 6.08 Å². The fraction of sp³-hybridized carbons (Fsp3) is 0.304. The number of carbonyl (C=O) groups is 2. The smallest absolute Gasteiger partial charge is 0.331 e. The highest BCUT2D eigenvalue weighted by molar-refractivity contribution is 5.98. The van der Waals surface area contributed by atoms with E-state index in [9.17, 15) is 9.59 Å². The summed E-state index contributed by atoms with van der Waals surface area (Å²) < 4.78 is 16.4. The lowest BCUT2D eigenvalue weighted by Gasteiger charge is -2.22.